The first-order valence-electron chi connectivity index (χ1n) is 10.4. The van der Waals surface area contributed by atoms with E-state index in [9.17, 15) is 4.79 Å². The lowest BCUT2D eigenvalue weighted by Crippen LogP contribution is -2.43. The van der Waals surface area contributed by atoms with Crippen molar-refractivity contribution in [1.82, 2.24) is 19.7 Å². The molecule has 2 aromatic rings. The van der Waals surface area contributed by atoms with Gasteiger partial charge in [0.2, 0.25) is 11.9 Å². The molecule has 4 rings (SSSR count). The van der Waals surface area contributed by atoms with Gasteiger partial charge in [-0.2, -0.15) is 0 Å². The number of aromatic nitrogens is 3. The molecule has 1 amide bonds. The molecule has 0 aliphatic carbocycles. The third-order valence-electron chi connectivity index (χ3n) is 5.72. The van der Waals surface area contributed by atoms with Crippen LogP contribution in [0.4, 0.5) is 5.95 Å². The molecule has 1 aromatic heterocycles. The minimum atomic E-state index is 0.208. The van der Waals surface area contributed by atoms with E-state index < -0.39 is 0 Å². The van der Waals surface area contributed by atoms with Gasteiger partial charge in [0, 0.05) is 25.7 Å². The van der Waals surface area contributed by atoms with E-state index in [0.29, 0.717) is 11.8 Å². The van der Waals surface area contributed by atoms with Gasteiger partial charge in [0.1, 0.15) is 0 Å². The zero-order valence-electron chi connectivity index (χ0n) is 16.6. The second-order valence-corrected chi connectivity index (χ2v) is 8.66. The number of rotatable bonds is 5. The molecule has 0 spiro atoms. The van der Waals surface area contributed by atoms with Crippen molar-refractivity contribution in [1.29, 1.82) is 0 Å². The Labute approximate surface area is 171 Å². The summed E-state index contributed by atoms with van der Waals surface area (Å²) < 4.78 is 2.11. The van der Waals surface area contributed by atoms with Gasteiger partial charge in [0.05, 0.1) is 11.4 Å². The Kier molecular flexibility index (Phi) is 6.20. The van der Waals surface area contributed by atoms with Crippen molar-refractivity contribution in [3.8, 4) is 5.69 Å². The Bertz CT molecular complexity index is 787. The molecular formula is C21H29N5OS. The molecule has 28 heavy (non-hydrogen) atoms. The van der Waals surface area contributed by atoms with Crippen LogP contribution in [0.2, 0.25) is 0 Å². The molecule has 2 aliphatic heterocycles. The zero-order valence-corrected chi connectivity index (χ0v) is 17.4. The van der Waals surface area contributed by atoms with Gasteiger partial charge in [0.25, 0.3) is 0 Å². The fourth-order valence-corrected chi connectivity index (χ4v) is 4.97. The van der Waals surface area contributed by atoms with E-state index in [1.165, 1.54) is 37.4 Å². The third-order valence-corrected chi connectivity index (χ3v) is 6.63. The van der Waals surface area contributed by atoms with E-state index in [0.717, 1.165) is 49.3 Å². The SMILES string of the molecule is C[C@@H]1CCCCN1C(=O)CSc1nnc(N2CCCCC2)n1-c1ccccc1. The normalized spacial score (nSPS) is 20.4. The minimum Gasteiger partial charge on any atom is -0.341 e. The zero-order chi connectivity index (χ0) is 19.3. The van der Waals surface area contributed by atoms with Crippen molar-refractivity contribution < 1.29 is 4.79 Å². The third kappa shape index (κ3) is 4.19. The summed E-state index contributed by atoms with van der Waals surface area (Å²) in [5, 5.41) is 9.78. The number of anilines is 1. The van der Waals surface area contributed by atoms with E-state index >= 15 is 0 Å². The number of hydrogen-bond acceptors (Lipinski definition) is 5. The van der Waals surface area contributed by atoms with Crippen LogP contribution < -0.4 is 4.90 Å². The second kappa shape index (κ2) is 8.99. The number of likely N-dealkylation sites (tertiary alicyclic amines) is 1. The highest BCUT2D eigenvalue weighted by molar-refractivity contribution is 7.99. The van der Waals surface area contributed by atoms with Crippen LogP contribution in [0.15, 0.2) is 35.5 Å². The maximum absolute atomic E-state index is 12.8. The molecule has 3 heterocycles. The molecule has 0 N–H and O–H groups in total. The molecule has 0 unspecified atom stereocenters. The molecule has 0 saturated carbocycles. The molecule has 7 heteroatoms. The van der Waals surface area contributed by atoms with Crippen LogP contribution in [0.5, 0.6) is 0 Å². The lowest BCUT2D eigenvalue weighted by Gasteiger charge is -2.33. The van der Waals surface area contributed by atoms with Crippen LogP contribution in [0.25, 0.3) is 5.69 Å². The Morgan fingerprint density at radius 1 is 1.04 bits per heavy atom. The molecule has 2 fully saturated rings. The fourth-order valence-electron chi connectivity index (χ4n) is 4.14. The second-order valence-electron chi connectivity index (χ2n) is 7.72. The van der Waals surface area contributed by atoms with Crippen molar-refractivity contribution >= 4 is 23.6 Å². The highest BCUT2D eigenvalue weighted by atomic mass is 32.2. The van der Waals surface area contributed by atoms with E-state index in [2.05, 4.69) is 38.7 Å². The minimum absolute atomic E-state index is 0.208. The Balaban J connectivity index is 1.54. The van der Waals surface area contributed by atoms with Crippen molar-refractivity contribution in [3.63, 3.8) is 0 Å². The molecule has 2 saturated heterocycles. The van der Waals surface area contributed by atoms with Crippen molar-refractivity contribution in [2.24, 2.45) is 0 Å². The highest BCUT2D eigenvalue weighted by Crippen LogP contribution is 2.29. The maximum atomic E-state index is 12.8. The number of piperidine rings is 2. The number of nitrogens with zero attached hydrogens (tertiary/aromatic N) is 5. The topological polar surface area (TPSA) is 54.3 Å². The molecule has 1 atom stereocenters. The fraction of sp³-hybridized carbons (Fsp3) is 0.571. The van der Waals surface area contributed by atoms with Gasteiger partial charge in [-0.25, -0.2) is 0 Å². The largest absolute Gasteiger partial charge is 0.341 e. The number of carbonyl (C=O) groups is 1. The average molecular weight is 400 g/mol. The van der Waals surface area contributed by atoms with Crippen LogP contribution in [-0.4, -0.2) is 57.0 Å². The Hall–Kier alpha value is -2.02. The number of thioether (sulfide) groups is 1. The summed E-state index contributed by atoms with van der Waals surface area (Å²) in [5.41, 5.74) is 1.05. The number of benzene rings is 1. The van der Waals surface area contributed by atoms with Gasteiger partial charge in [-0.3, -0.25) is 9.36 Å². The van der Waals surface area contributed by atoms with Gasteiger partial charge in [0.15, 0.2) is 5.16 Å². The molecule has 1 aromatic carbocycles. The van der Waals surface area contributed by atoms with Crippen LogP contribution in [0.1, 0.15) is 45.4 Å². The van der Waals surface area contributed by atoms with E-state index in [-0.39, 0.29) is 5.91 Å². The molecule has 6 nitrogen and oxygen atoms in total. The molecule has 0 radical (unpaired) electrons. The van der Waals surface area contributed by atoms with Crippen LogP contribution in [-0.2, 0) is 4.79 Å². The summed E-state index contributed by atoms with van der Waals surface area (Å²) in [6.07, 6.45) is 7.10. The van der Waals surface area contributed by atoms with Crippen molar-refractivity contribution in [3.05, 3.63) is 30.3 Å². The number of amides is 1. The van der Waals surface area contributed by atoms with E-state index in [1.807, 2.05) is 23.1 Å². The van der Waals surface area contributed by atoms with Gasteiger partial charge in [-0.15, -0.1) is 10.2 Å². The van der Waals surface area contributed by atoms with Crippen molar-refractivity contribution in [2.75, 3.05) is 30.3 Å². The number of hydrogen-bond donors (Lipinski definition) is 0. The Morgan fingerprint density at radius 3 is 2.54 bits per heavy atom. The quantitative estimate of drug-likeness (QED) is 0.717. The summed E-state index contributed by atoms with van der Waals surface area (Å²) in [6.45, 7) is 5.06. The van der Waals surface area contributed by atoms with Gasteiger partial charge in [-0.05, 0) is 57.6 Å². The van der Waals surface area contributed by atoms with Gasteiger partial charge < -0.3 is 9.80 Å². The Morgan fingerprint density at radius 2 is 1.79 bits per heavy atom. The van der Waals surface area contributed by atoms with Gasteiger partial charge >= 0.3 is 0 Å². The number of carbonyl (C=O) groups excluding carboxylic acids is 1. The first-order valence-corrected chi connectivity index (χ1v) is 11.4. The lowest BCUT2D eigenvalue weighted by atomic mass is 10.0. The van der Waals surface area contributed by atoms with Crippen LogP contribution in [0, 0.1) is 0 Å². The lowest BCUT2D eigenvalue weighted by molar-refractivity contribution is -0.131. The van der Waals surface area contributed by atoms with Crippen LogP contribution >= 0.6 is 11.8 Å². The van der Waals surface area contributed by atoms with Crippen molar-refractivity contribution in [2.45, 2.75) is 56.6 Å². The molecular weight excluding hydrogens is 370 g/mol. The summed E-state index contributed by atoms with van der Waals surface area (Å²) in [4.78, 5) is 17.1. The standard InChI is InChI=1S/C21H29N5OS/c1-17-10-6-9-15-25(17)19(27)16-28-21-23-22-20(24-13-7-3-8-14-24)26(21)18-11-4-2-5-12-18/h2,4-5,11-12,17H,3,6-10,13-16H2,1H3/t17-/m1/s1. The summed E-state index contributed by atoms with van der Waals surface area (Å²) >= 11 is 1.50. The van der Waals surface area contributed by atoms with E-state index in [4.69, 9.17) is 0 Å². The summed E-state index contributed by atoms with van der Waals surface area (Å²) in [7, 11) is 0. The monoisotopic (exact) mass is 399 g/mol. The smallest absolute Gasteiger partial charge is 0.233 e. The summed E-state index contributed by atoms with van der Waals surface area (Å²) in [5.74, 6) is 1.52. The average Bonchev–Trinajstić information content (AvgIpc) is 3.17. The summed E-state index contributed by atoms with van der Waals surface area (Å²) in [6, 6.07) is 10.6. The van der Waals surface area contributed by atoms with E-state index in [1.54, 1.807) is 0 Å². The van der Waals surface area contributed by atoms with Gasteiger partial charge in [-0.1, -0.05) is 30.0 Å². The predicted molar refractivity (Wildman–Crippen MR) is 113 cm³/mol. The predicted octanol–water partition coefficient (Wildman–Crippen LogP) is 3.75. The molecule has 0 bridgehead atoms. The number of para-hydroxylation sites is 1. The molecule has 150 valence electrons. The first kappa shape index (κ1) is 19.3. The maximum Gasteiger partial charge on any atom is 0.233 e. The highest BCUT2D eigenvalue weighted by Gasteiger charge is 2.25. The van der Waals surface area contributed by atoms with Crippen LogP contribution in [0.3, 0.4) is 0 Å². The molecule has 2 aliphatic rings. The first-order chi connectivity index (χ1) is 13.7.